The van der Waals surface area contributed by atoms with Gasteiger partial charge < -0.3 is 79.9 Å². The summed E-state index contributed by atoms with van der Waals surface area (Å²) < 4.78 is 47.3. The molecule has 3 aliphatic rings. The standard InChI is InChI=1S/C58H87N2O13.BrH/c1-14-46-58(10,65)51(61)38(4)48(59-68-35-44-28-22-17-23-29-44)36(2)31-56(8,64)53(39(5)49(40(6)54(63)71-46)72-47-32-57(9,66-13)52(62)41(7)70-47)73-55-50(67-34-43-26-20-16-21-27-43)45(30-37(3)69-55)60(11,12)33-42-24-18-15-19-25-42;/h15-29,36-41,45-47,49-53,55,61-62,64-65H,14,30-35H2,1-13H3;1H/q+1;/p-1/b59-48+;/t36-,37-,38+,39+,40-,41+,45+,46-,47+,49+,50-,51-,52+,53-,55+,56-,57-,58-;/m1./s1. The van der Waals surface area contributed by atoms with Gasteiger partial charge in [0.1, 0.15) is 37.0 Å². The number of cyclic esters (lactones) is 1. The molecule has 3 aromatic carbocycles. The molecular formula is C58H87BrN2O13. The Balaban J connectivity index is 0.0000101. The number of benzene rings is 3. The second-order valence-corrected chi connectivity index (χ2v) is 22.6. The molecule has 3 aromatic rings. The third kappa shape index (κ3) is 14.8. The summed E-state index contributed by atoms with van der Waals surface area (Å²) in [6, 6.07) is 29.7. The zero-order valence-corrected chi connectivity index (χ0v) is 47.6. The molecule has 3 saturated heterocycles. The summed E-state index contributed by atoms with van der Waals surface area (Å²) in [6.07, 6.45) is -8.66. The lowest BCUT2D eigenvalue weighted by atomic mass is 9.73. The van der Waals surface area contributed by atoms with Crippen molar-refractivity contribution in [1.82, 2.24) is 0 Å². The van der Waals surface area contributed by atoms with E-state index in [-0.39, 0.29) is 61.6 Å². The van der Waals surface area contributed by atoms with Gasteiger partial charge in [-0.15, -0.1) is 0 Å². The Morgan fingerprint density at radius 3 is 1.88 bits per heavy atom. The molecule has 16 heteroatoms. The Kier molecular flexibility index (Phi) is 21.9. The minimum atomic E-state index is -1.96. The van der Waals surface area contributed by atoms with E-state index in [4.69, 9.17) is 38.0 Å². The van der Waals surface area contributed by atoms with Crippen molar-refractivity contribution < 1.29 is 84.7 Å². The topological polar surface area (TPSA) is 184 Å². The number of hydrogen-bond donors (Lipinski definition) is 4. The van der Waals surface area contributed by atoms with Crippen LogP contribution in [-0.2, 0) is 62.5 Å². The summed E-state index contributed by atoms with van der Waals surface area (Å²) in [5, 5.41) is 53.8. The highest BCUT2D eigenvalue weighted by Crippen LogP contribution is 2.42. The summed E-state index contributed by atoms with van der Waals surface area (Å²) in [4.78, 5) is 20.8. The molecule has 0 radical (unpaired) electrons. The Hall–Kier alpha value is -3.36. The SMILES string of the molecule is CC[C@H]1OC(=O)[C@H](C)[C@@H](O[C@H]2C[C@@](C)(OC)[C@@H](O)[C@H](C)O2)[C@H](C)[C@@H](O[C@@H]2O[C@H](C)C[C@H]([N+](C)(C)Cc3ccccc3)[C@H]2OCc2ccccc2)[C@](C)(O)C[C@@H](C)/C(=N\OCc2ccccc2)[C@H](C)[C@@H](O)[C@]1(C)O.[Br-]. The molecule has 3 heterocycles. The summed E-state index contributed by atoms with van der Waals surface area (Å²) >= 11 is 0. The van der Waals surface area contributed by atoms with Crippen LogP contribution in [-0.4, -0.2) is 142 Å². The van der Waals surface area contributed by atoms with Crippen molar-refractivity contribution in [2.75, 3.05) is 21.2 Å². The van der Waals surface area contributed by atoms with Crippen molar-refractivity contribution in [3.05, 3.63) is 108 Å². The molecule has 4 N–H and O–H groups in total. The summed E-state index contributed by atoms with van der Waals surface area (Å²) in [6.45, 7) is 18.8. The number of carbonyl (C=O) groups is 1. The van der Waals surface area contributed by atoms with E-state index in [1.807, 2.05) is 99.6 Å². The Labute approximate surface area is 451 Å². The molecule has 0 bridgehead atoms. The van der Waals surface area contributed by atoms with E-state index < -0.39 is 102 Å². The first kappa shape index (κ1) is 61.5. The molecule has 0 amide bonds. The van der Waals surface area contributed by atoms with E-state index >= 15 is 0 Å². The highest BCUT2D eigenvalue weighted by atomic mass is 79.9. The van der Waals surface area contributed by atoms with Crippen LogP contribution in [0.15, 0.2) is 96.2 Å². The first-order chi connectivity index (χ1) is 34.4. The van der Waals surface area contributed by atoms with Gasteiger partial charge in [-0.05, 0) is 65.5 Å². The van der Waals surface area contributed by atoms with E-state index in [0.717, 1.165) is 16.7 Å². The predicted octanol–water partition coefficient (Wildman–Crippen LogP) is 4.73. The van der Waals surface area contributed by atoms with Crippen molar-refractivity contribution in [1.29, 1.82) is 0 Å². The van der Waals surface area contributed by atoms with Gasteiger partial charge in [-0.2, -0.15) is 0 Å². The molecule has 18 atom stereocenters. The van der Waals surface area contributed by atoms with Crippen LogP contribution in [0.25, 0.3) is 0 Å². The molecule has 414 valence electrons. The van der Waals surface area contributed by atoms with Gasteiger partial charge in [0, 0.05) is 43.3 Å². The number of ether oxygens (including phenoxy) is 7. The van der Waals surface area contributed by atoms with Gasteiger partial charge >= 0.3 is 5.97 Å². The lowest BCUT2D eigenvalue weighted by molar-refractivity contribution is -0.934. The molecule has 74 heavy (non-hydrogen) atoms. The Bertz CT molecular complexity index is 2200. The number of aliphatic hydroxyl groups is 4. The van der Waals surface area contributed by atoms with E-state index in [1.165, 1.54) is 14.0 Å². The molecule has 6 rings (SSSR count). The number of aliphatic hydroxyl groups excluding tert-OH is 2. The third-order valence-corrected chi connectivity index (χ3v) is 16.0. The zero-order valence-electron chi connectivity index (χ0n) is 46.0. The third-order valence-electron chi connectivity index (χ3n) is 16.0. The number of oxime groups is 1. The van der Waals surface area contributed by atoms with Crippen molar-refractivity contribution in [3.63, 3.8) is 0 Å². The average molecular weight is 1100 g/mol. The average Bonchev–Trinajstić information content (AvgIpc) is 3.35. The number of quaternary nitrogens is 1. The van der Waals surface area contributed by atoms with E-state index in [1.54, 1.807) is 41.5 Å². The van der Waals surface area contributed by atoms with Gasteiger partial charge in [0.2, 0.25) is 0 Å². The molecule has 0 aliphatic carbocycles. The van der Waals surface area contributed by atoms with Crippen molar-refractivity contribution in [2.24, 2.45) is 28.8 Å². The lowest BCUT2D eigenvalue weighted by Crippen LogP contribution is -3.00. The number of likely N-dealkylation sites (N-methyl/N-ethyl adjacent to an activating group) is 1. The number of methoxy groups -OCH3 is 1. The molecule has 0 spiro atoms. The highest BCUT2D eigenvalue weighted by molar-refractivity contribution is 5.88. The van der Waals surface area contributed by atoms with E-state index in [2.05, 4.69) is 31.4 Å². The largest absolute Gasteiger partial charge is 1.00 e. The smallest absolute Gasteiger partial charge is 0.311 e. The fourth-order valence-electron chi connectivity index (χ4n) is 11.6. The summed E-state index contributed by atoms with van der Waals surface area (Å²) in [5.41, 5.74) is -1.41. The first-order valence-corrected chi connectivity index (χ1v) is 26.4. The molecule has 0 saturated carbocycles. The van der Waals surface area contributed by atoms with Crippen molar-refractivity contribution in [3.8, 4) is 0 Å². The number of rotatable bonds is 15. The van der Waals surface area contributed by atoms with Crippen LogP contribution in [0.5, 0.6) is 0 Å². The zero-order chi connectivity index (χ0) is 53.5. The molecule has 3 aliphatic heterocycles. The van der Waals surface area contributed by atoms with Gasteiger partial charge in [0.15, 0.2) is 18.7 Å². The van der Waals surface area contributed by atoms with E-state index in [9.17, 15) is 25.2 Å². The van der Waals surface area contributed by atoms with Crippen LogP contribution in [0.3, 0.4) is 0 Å². The van der Waals surface area contributed by atoms with Crippen LogP contribution < -0.4 is 17.0 Å². The molecular weight excluding hydrogens is 1010 g/mol. The monoisotopic (exact) mass is 1100 g/mol. The maximum atomic E-state index is 14.8. The number of halogens is 1. The van der Waals surface area contributed by atoms with Gasteiger partial charge in [0.05, 0.1) is 74.1 Å². The highest BCUT2D eigenvalue weighted by Gasteiger charge is 2.55. The number of nitrogens with zero attached hydrogens (tertiary/aromatic N) is 2. The lowest BCUT2D eigenvalue weighted by Gasteiger charge is -2.51. The fourth-order valence-corrected chi connectivity index (χ4v) is 11.6. The molecule has 0 unspecified atom stereocenters. The molecule has 3 fully saturated rings. The molecule has 15 nitrogen and oxygen atoms in total. The molecule has 0 aromatic heterocycles. The number of esters is 1. The second-order valence-electron chi connectivity index (χ2n) is 22.6. The van der Waals surface area contributed by atoms with Crippen LogP contribution in [0.4, 0.5) is 0 Å². The Morgan fingerprint density at radius 1 is 0.743 bits per heavy atom. The van der Waals surface area contributed by atoms with Gasteiger partial charge in [-0.25, -0.2) is 0 Å². The minimum Gasteiger partial charge on any atom is -1.00 e. The minimum absolute atomic E-state index is 0. The van der Waals surface area contributed by atoms with Crippen molar-refractivity contribution >= 4 is 11.7 Å². The van der Waals surface area contributed by atoms with Gasteiger partial charge in [0.25, 0.3) is 0 Å². The van der Waals surface area contributed by atoms with Crippen LogP contribution in [0, 0.1) is 23.7 Å². The maximum absolute atomic E-state index is 14.8. The van der Waals surface area contributed by atoms with Crippen molar-refractivity contribution in [2.45, 2.75) is 199 Å². The number of carbonyl (C=O) groups excluding carboxylic acids is 1. The van der Waals surface area contributed by atoms with Crippen LogP contribution in [0.1, 0.15) is 112 Å². The maximum Gasteiger partial charge on any atom is 0.311 e. The summed E-state index contributed by atoms with van der Waals surface area (Å²) in [7, 11) is 5.91. The number of hydrogen-bond acceptors (Lipinski definition) is 14. The Morgan fingerprint density at radius 2 is 1.31 bits per heavy atom. The van der Waals surface area contributed by atoms with Crippen LogP contribution in [0.2, 0.25) is 0 Å². The quantitative estimate of drug-likeness (QED) is 0.0932. The van der Waals surface area contributed by atoms with Gasteiger partial charge in [-0.3, -0.25) is 4.79 Å². The van der Waals surface area contributed by atoms with Crippen LogP contribution >= 0.6 is 0 Å². The summed E-state index contributed by atoms with van der Waals surface area (Å²) in [5.74, 6) is -4.05. The predicted molar refractivity (Wildman–Crippen MR) is 277 cm³/mol. The normalized spacial score (nSPS) is 38.3. The fraction of sp³-hybridized carbons (Fsp3) is 0.655. The van der Waals surface area contributed by atoms with E-state index in [0.29, 0.717) is 23.2 Å². The van der Waals surface area contributed by atoms with Gasteiger partial charge in [-0.1, -0.05) is 124 Å². The first-order valence-electron chi connectivity index (χ1n) is 26.4. The second kappa shape index (κ2) is 26.3.